The number of amides is 1. The number of pyridine rings is 1. The topological polar surface area (TPSA) is 83.5 Å². The summed E-state index contributed by atoms with van der Waals surface area (Å²) in [5.41, 5.74) is 8.06. The predicted molar refractivity (Wildman–Crippen MR) is 117 cm³/mol. The Labute approximate surface area is 176 Å². The Morgan fingerprint density at radius 2 is 1.80 bits per heavy atom. The molecule has 0 spiro atoms. The van der Waals surface area contributed by atoms with Crippen LogP contribution in [-0.4, -0.2) is 29.8 Å². The quantitative estimate of drug-likeness (QED) is 0.283. The van der Waals surface area contributed by atoms with E-state index in [4.69, 9.17) is 14.9 Å². The van der Waals surface area contributed by atoms with Crippen LogP contribution in [0.5, 0.6) is 5.88 Å². The van der Waals surface area contributed by atoms with Gasteiger partial charge >= 0.3 is 0 Å². The van der Waals surface area contributed by atoms with Crippen LogP contribution >= 0.6 is 0 Å². The molecule has 30 heavy (non-hydrogen) atoms. The molecule has 1 heterocycles. The smallest absolute Gasteiger partial charge is 0.243 e. The van der Waals surface area contributed by atoms with Gasteiger partial charge < -0.3 is 10.1 Å². The Kier molecular flexibility index (Phi) is 7.54. The summed E-state index contributed by atoms with van der Waals surface area (Å²) in [4.78, 5) is 15.8. The molecule has 156 valence electrons. The van der Waals surface area contributed by atoms with Gasteiger partial charge in [-0.25, -0.2) is 10.5 Å². The molecule has 2 aromatic carbocycles. The van der Waals surface area contributed by atoms with Crippen molar-refractivity contribution in [3.05, 3.63) is 71.8 Å². The molecule has 0 radical (unpaired) electrons. The summed E-state index contributed by atoms with van der Waals surface area (Å²) in [6, 6.07) is 20.6. The van der Waals surface area contributed by atoms with Gasteiger partial charge in [-0.1, -0.05) is 54.6 Å². The number of rotatable bonds is 9. The number of hydrogen-bond donors (Lipinski definition) is 3. The first-order chi connectivity index (χ1) is 14.6. The summed E-state index contributed by atoms with van der Waals surface area (Å²) >= 11 is 0. The molecule has 0 fully saturated rings. The molecule has 0 saturated heterocycles. The molecule has 3 N–H and O–H groups in total. The molecule has 3 rings (SSSR count). The van der Waals surface area contributed by atoms with Gasteiger partial charge in [-0.2, -0.15) is 0 Å². The van der Waals surface area contributed by atoms with Crippen molar-refractivity contribution in [2.45, 2.75) is 26.3 Å². The molecule has 0 saturated carbocycles. The fourth-order valence-electron chi connectivity index (χ4n) is 3.43. The lowest BCUT2D eigenvalue weighted by atomic mass is 9.94. The lowest BCUT2D eigenvalue weighted by molar-refractivity contribution is -0.129. The zero-order chi connectivity index (χ0) is 21.3. The van der Waals surface area contributed by atoms with Gasteiger partial charge in [0.25, 0.3) is 0 Å². The maximum atomic E-state index is 11.0. The monoisotopic (exact) mass is 405 g/mol. The highest BCUT2D eigenvalue weighted by Crippen LogP contribution is 2.32. The molecule has 0 bridgehead atoms. The highest BCUT2D eigenvalue weighted by molar-refractivity contribution is 5.77. The number of nitrogens with one attached hydrogen (secondary N) is 2. The Bertz CT molecular complexity index is 990. The van der Waals surface area contributed by atoms with E-state index in [0.717, 1.165) is 16.8 Å². The van der Waals surface area contributed by atoms with Crippen molar-refractivity contribution in [3.63, 3.8) is 0 Å². The Hall–Kier alpha value is -3.22. The first-order valence-corrected chi connectivity index (χ1v) is 9.97. The second-order valence-corrected chi connectivity index (χ2v) is 7.02. The zero-order valence-corrected chi connectivity index (χ0v) is 17.3. The van der Waals surface area contributed by atoms with Crippen LogP contribution in [0.2, 0.25) is 0 Å². The minimum Gasteiger partial charge on any atom is -0.481 e. The molecule has 6 heteroatoms. The molecular weight excluding hydrogens is 378 g/mol. The van der Waals surface area contributed by atoms with E-state index in [1.807, 2.05) is 30.3 Å². The fraction of sp³-hybridized carbons (Fsp3) is 0.250. The summed E-state index contributed by atoms with van der Waals surface area (Å²) in [6.07, 6.45) is 0.903. The van der Waals surface area contributed by atoms with E-state index in [-0.39, 0.29) is 12.3 Å². The van der Waals surface area contributed by atoms with Crippen LogP contribution in [0.1, 0.15) is 24.0 Å². The molecule has 0 aliphatic heterocycles. The van der Waals surface area contributed by atoms with Gasteiger partial charge in [0.1, 0.15) is 0 Å². The molecule has 1 aromatic heterocycles. The number of aromatic nitrogens is 1. The number of nitrogens with zero attached hydrogens (tertiary/aromatic N) is 1. The van der Waals surface area contributed by atoms with Gasteiger partial charge in [0.05, 0.1) is 12.8 Å². The van der Waals surface area contributed by atoms with Gasteiger partial charge in [0.15, 0.2) is 0 Å². The molecule has 0 aliphatic rings. The highest BCUT2D eigenvalue weighted by atomic mass is 16.5. The maximum absolute atomic E-state index is 11.0. The van der Waals surface area contributed by atoms with Crippen molar-refractivity contribution in [1.29, 1.82) is 0 Å². The summed E-state index contributed by atoms with van der Waals surface area (Å²) in [7, 11) is 1.62. The number of hydroxylamine groups is 1. The molecular formula is C24H27N3O3. The van der Waals surface area contributed by atoms with Crippen molar-refractivity contribution in [3.8, 4) is 28.3 Å². The van der Waals surface area contributed by atoms with E-state index in [1.54, 1.807) is 12.6 Å². The Morgan fingerprint density at radius 1 is 1.03 bits per heavy atom. The molecule has 0 aliphatic carbocycles. The minimum absolute atomic E-state index is 0.273. The van der Waals surface area contributed by atoms with Gasteiger partial charge in [-0.3, -0.25) is 10.0 Å². The number of ether oxygens (including phenoxy) is 1. The van der Waals surface area contributed by atoms with Gasteiger partial charge in [-0.05, 0) is 42.6 Å². The Balaban J connectivity index is 1.76. The summed E-state index contributed by atoms with van der Waals surface area (Å²) < 4.78 is 5.53. The molecule has 6 nitrogen and oxygen atoms in total. The third-order valence-electron chi connectivity index (χ3n) is 5.02. The van der Waals surface area contributed by atoms with Crippen molar-refractivity contribution in [1.82, 2.24) is 15.8 Å². The number of carbonyl (C=O) groups excluding carboxylic acids is 1. The molecule has 0 unspecified atom stereocenters. The average Bonchev–Trinajstić information content (AvgIpc) is 2.79. The van der Waals surface area contributed by atoms with Crippen LogP contribution in [0.4, 0.5) is 0 Å². The SMILES string of the molecule is COc1nc(-c2cccc(-c3ccccc3)c2C)ccc1CNCCCC(=O)NO. The van der Waals surface area contributed by atoms with Gasteiger partial charge in [0, 0.05) is 24.1 Å². The first kappa shape index (κ1) is 21.5. The summed E-state index contributed by atoms with van der Waals surface area (Å²) in [5, 5.41) is 11.8. The second kappa shape index (κ2) is 10.5. The van der Waals surface area contributed by atoms with Crippen LogP contribution in [0, 0.1) is 6.92 Å². The third-order valence-corrected chi connectivity index (χ3v) is 5.02. The number of benzene rings is 2. The summed E-state index contributed by atoms with van der Waals surface area (Å²) in [5.74, 6) is 0.200. The lowest BCUT2D eigenvalue weighted by Gasteiger charge is -2.14. The number of methoxy groups -OCH3 is 1. The third kappa shape index (κ3) is 5.23. The van der Waals surface area contributed by atoms with Gasteiger partial charge in [0.2, 0.25) is 11.8 Å². The van der Waals surface area contributed by atoms with Crippen molar-refractivity contribution >= 4 is 5.91 Å². The normalized spacial score (nSPS) is 10.6. The van der Waals surface area contributed by atoms with E-state index in [1.165, 1.54) is 16.7 Å². The van der Waals surface area contributed by atoms with Gasteiger partial charge in [-0.15, -0.1) is 0 Å². The molecule has 1 amide bonds. The van der Waals surface area contributed by atoms with Crippen LogP contribution in [0.3, 0.4) is 0 Å². The second-order valence-electron chi connectivity index (χ2n) is 7.02. The zero-order valence-electron chi connectivity index (χ0n) is 17.3. The van der Waals surface area contributed by atoms with Crippen LogP contribution in [0.15, 0.2) is 60.7 Å². The largest absolute Gasteiger partial charge is 0.481 e. The number of hydrogen-bond acceptors (Lipinski definition) is 5. The van der Waals surface area contributed by atoms with Crippen LogP contribution in [-0.2, 0) is 11.3 Å². The van der Waals surface area contributed by atoms with Crippen LogP contribution in [0.25, 0.3) is 22.4 Å². The van der Waals surface area contributed by atoms with E-state index in [2.05, 4.69) is 42.6 Å². The van der Waals surface area contributed by atoms with E-state index in [0.29, 0.717) is 25.4 Å². The summed E-state index contributed by atoms with van der Waals surface area (Å²) in [6.45, 7) is 3.35. The van der Waals surface area contributed by atoms with E-state index in [9.17, 15) is 4.79 Å². The lowest BCUT2D eigenvalue weighted by Crippen LogP contribution is -2.21. The van der Waals surface area contributed by atoms with Crippen molar-refractivity contribution < 1.29 is 14.7 Å². The fourth-order valence-corrected chi connectivity index (χ4v) is 3.43. The predicted octanol–water partition coefficient (Wildman–Crippen LogP) is 4.11. The molecule has 3 aromatic rings. The van der Waals surface area contributed by atoms with E-state index < -0.39 is 0 Å². The Morgan fingerprint density at radius 3 is 2.53 bits per heavy atom. The van der Waals surface area contributed by atoms with Crippen LogP contribution < -0.4 is 15.5 Å². The minimum atomic E-state index is -0.381. The number of carbonyl (C=O) groups is 1. The first-order valence-electron chi connectivity index (χ1n) is 9.97. The standard InChI is InChI=1S/C24H27N3O3/c1-17-20(18-8-4-3-5-9-18)10-6-11-21(17)22-14-13-19(24(26-22)30-2)16-25-15-7-12-23(28)27-29/h3-6,8-11,13-14,25,29H,7,12,15-16H2,1-2H3,(H,27,28). The average molecular weight is 405 g/mol. The highest BCUT2D eigenvalue weighted by Gasteiger charge is 2.12. The van der Waals surface area contributed by atoms with Crippen molar-refractivity contribution in [2.75, 3.05) is 13.7 Å². The van der Waals surface area contributed by atoms with Crippen molar-refractivity contribution in [2.24, 2.45) is 0 Å². The maximum Gasteiger partial charge on any atom is 0.243 e. The molecule has 0 atom stereocenters. The van der Waals surface area contributed by atoms with E-state index >= 15 is 0 Å².